The number of nitrogens with one attached hydrogen (secondary N) is 1. The first kappa shape index (κ1) is 13.5. The number of nitrogens with zero attached hydrogens (tertiary/aromatic N) is 1. The lowest BCUT2D eigenvalue weighted by molar-refractivity contribution is -0.143. The summed E-state index contributed by atoms with van der Waals surface area (Å²) in [6.07, 6.45) is 3.74. The van der Waals surface area contributed by atoms with Gasteiger partial charge in [-0.05, 0) is 45.1 Å². The van der Waals surface area contributed by atoms with Crippen molar-refractivity contribution in [3.05, 3.63) is 16.1 Å². The van der Waals surface area contributed by atoms with Crippen molar-refractivity contribution in [2.75, 3.05) is 6.54 Å². The molecule has 0 aliphatic heterocycles. The highest BCUT2D eigenvalue weighted by Gasteiger charge is 2.25. The second-order valence-electron chi connectivity index (χ2n) is 5.05. The quantitative estimate of drug-likeness (QED) is 0.861. The fraction of sp³-hybridized carbons (Fsp3) is 0.692. The van der Waals surface area contributed by atoms with E-state index in [1.54, 1.807) is 11.3 Å². The summed E-state index contributed by atoms with van der Waals surface area (Å²) >= 11 is 1.69. The maximum Gasteiger partial charge on any atom is 0.306 e. The van der Waals surface area contributed by atoms with Crippen LogP contribution in [0, 0.1) is 18.8 Å². The first-order chi connectivity index (χ1) is 8.66. The highest BCUT2D eigenvalue weighted by atomic mass is 32.1. The van der Waals surface area contributed by atoms with Crippen LogP contribution in [0.25, 0.3) is 0 Å². The van der Waals surface area contributed by atoms with E-state index in [-0.39, 0.29) is 5.92 Å². The van der Waals surface area contributed by atoms with E-state index in [1.807, 2.05) is 12.4 Å². The van der Waals surface area contributed by atoms with Crippen LogP contribution in [-0.4, -0.2) is 22.6 Å². The van der Waals surface area contributed by atoms with E-state index in [0.29, 0.717) is 5.92 Å². The van der Waals surface area contributed by atoms with Crippen molar-refractivity contribution in [1.29, 1.82) is 0 Å². The lowest BCUT2D eigenvalue weighted by Crippen LogP contribution is -2.28. The monoisotopic (exact) mass is 268 g/mol. The van der Waals surface area contributed by atoms with Gasteiger partial charge in [0, 0.05) is 11.4 Å². The summed E-state index contributed by atoms with van der Waals surface area (Å²) in [6.45, 7) is 3.91. The Kier molecular flexibility index (Phi) is 4.72. The minimum atomic E-state index is -0.623. The topological polar surface area (TPSA) is 62.2 Å². The Morgan fingerprint density at radius 1 is 1.50 bits per heavy atom. The smallest absolute Gasteiger partial charge is 0.306 e. The normalized spacial score (nSPS) is 24.1. The van der Waals surface area contributed by atoms with E-state index in [9.17, 15) is 4.79 Å². The predicted molar refractivity (Wildman–Crippen MR) is 71.6 cm³/mol. The molecule has 100 valence electrons. The number of aromatic nitrogens is 1. The Balaban J connectivity index is 1.67. The third-order valence-electron chi connectivity index (χ3n) is 3.76. The van der Waals surface area contributed by atoms with Crippen LogP contribution >= 0.6 is 11.3 Å². The van der Waals surface area contributed by atoms with Crippen LogP contribution in [0.5, 0.6) is 0 Å². The summed E-state index contributed by atoms with van der Waals surface area (Å²) in [5, 5.41) is 12.4. The van der Waals surface area contributed by atoms with Gasteiger partial charge in [0.1, 0.15) is 0 Å². The van der Waals surface area contributed by atoms with Gasteiger partial charge in [-0.15, -0.1) is 11.3 Å². The average Bonchev–Trinajstić information content (AvgIpc) is 2.76. The Morgan fingerprint density at radius 2 is 2.22 bits per heavy atom. The van der Waals surface area contributed by atoms with E-state index in [2.05, 4.69) is 10.3 Å². The number of rotatable bonds is 5. The van der Waals surface area contributed by atoms with Crippen molar-refractivity contribution >= 4 is 17.3 Å². The zero-order valence-electron chi connectivity index (χ0n) is 10.7. The summed E-state index contributed by atoms with van der Waals surface area (Å²) in [4.78, 5) is 16.4. The minimum absolute atomic E-state index is 0.106. The Labute approximate surface area is 111 Å². The van der Waals surface area contributed by atoms with Crippen LogP contribution in [-0.2, 0) is 11.3 Å². The molecule has 0 aromatic carbocycles. The maximum atomic E-state index is 10.8. The molecule has 1 fully saturated rings. The van der Waals surface area contributed by atoms with Gasteiger partial charge in [-0.1, -0.05) is 0 Å². The van der Waals surface area contributed by atoms with E-state index in [0.717, 1.165) is 44.5 Å². The van der Waals surface area contributed by atoms with Gasteiger partial charge in [0.2, 0.25) is 0 Å². The van der Waals surface area contributed by atoms with Gasteiger partial charge in [0.15, 0.2) is 0 Å². The Bertz CT molecular complexity index is 397. The number of hydrogen-bond donors (Lipinski definition) is 2. The zero-order chi connectivity index (χ0) is 13.0. The molecule has 1 aromatic rings. The molecule has 0 atom stereocenters. The van der Waals surface area contributed by atoms with Crippen molar-refractivity contribution in [3.63, 3.8) is 0 Å². The fourth-order valence-corrected chi connectivity index (χ4v) is 3.25. The summed E-state index contributed by atoms with van der Waals surface area (Å²) < 4.78 is 0. The largest absolute Gasteiger partial charge is 0.481 e. The van der Waals surface area contributed by atoms with Crippen molar-refractivity contribution in [2.45, 2.75) is 39.2 Å². The molecule has 0 spiro atoms. The fourth-order valence-electron chi connectivity index (χ4n) is 2.50. The molecule has 4 nitrogen and oxygen atoms in total. The van der Waals surface area contributed by atoms with Gasteiger partial charge in [-0.3, -0.25) is 4.79 Å². The van der Waals surface area contributed by atoms with Gasteiger partial charge in [0.05, 0.1) is 17.1 Å². The highest BCUT2D eigenvalue weighted by Crippen LogP contribution is 2.28. The minimum Gasteiger partial charge on any atom is -0.481 e. The SMILES string of the molecule is Cc1ncsc1CNCC1CCC(C(=O)O)CC1. The lowest BCUT2D eigenvalue weighted by Gasteiger charge is -2.26. The third-order valence-corrected chi connectivity index (χ3v) is 4.69. The van der Waals surface area contributed by atoms with Gasteiger partial charge < -0.3 is 10.4 Å². The molecule has 0 radical (unpaired) electrons. The van der Waals surface area contributed by atoms with Crippen molar-refractivity contribution < 1.29 is 9.90 Å². The molecule has 0 saturated heterocycles. The number of aryl methyl sites for hydroxylation is 1. The van der Waals surface area contributed by atoms with Gasteiger partial charge >= 0.3 is 5.97 Å². The summed E-state index contributed by atoms with van der Waals surface area (Å²) in [5.41, 5.74) is 2.99. The summed E-state index contributed by atoms with van der Waals surface area (Å²) in [7, 11) is 0. The molecule has 2 rings (SSSR count). The van der Waals surface area contributed by atoms with Crippen molar-refractivity contribution in [3.8, 4) is 0 Å². The van der Waals surface area contributed by atoms with Crippen LogP contribution in [0.15, 0.2) is 5.51 Å². The number of aliphatic carboxylic acids is 1. The molecule has 1 aliphatic carbocycles. The number of carboxylic acid groups (broad SMARTS) is 1. The molecule has 2 N–H and O–H groups in total. The van der Waals surface area contributed by atoms with E-state index >= 15 is 0 Å². The molecule has 1 aromatic heterocycles. The predicted octanol–water partition coefficient (Wildman–Crippen LogP) is 2.43. The molecular weight excluding hydrogens is 248 g/mol. The Morgan fingerprint density at radius 3 is 2.78 bits per heavy atom. The molecule has 0 unspecified atom stereocenters. The number of carboxylic acids is 1. The van der Waals surface area contributed by atoms with Crippen LogP contribution in [0.1, 0.15) is 36.3 Å². The molecule has 5 heteroatoms. The van der Waals surface area contributed by atoms with E-state index in [4.69, 9.17) is 5.11 Å². The molecule has 0 bridgehead atoms. The second-order valence-corrected chi connectivity index (χ2v) is 5.99. The summed E-state index contributed by atoms with van der Waals surface area (Å²) in [6, 6.07) is 0. The standard InChI is InChI=1S/C13H20N2O2S/c1-9-12(18-8-15-9)7-14-6-10-2-4-11(5-3-10)13(16)17/h8,10-11,14H,2-7H2,1H3,(H,16,17). The second kappa shape index (κ2) is 6.29. The van der Waals surface area contributed by atoms with E-state index < -0.39 is 5.97 Å². The highest BCUT2D eigenvalue weighted by molar-refractivity contribution is 7.09. The number of thiazole rings is 1. The van der Waals surface area contributed by atoms with Crippen LogP contribution in [0.2, 0.25) is 0 Å². The van der Waals surface area contributed by atoms with Crippen molar-refractivity contribution in [2.24, 2.45) is 11.8 Å². The average molecular weight is 268 g/mol. The number of carbonyl (C=O) groups is 1. The molecule has 1 aliphatic rings. The first-order valence-corrected chi connectivity index (χ1v) is 7.37. The summed E-state index contributed by atoms with van der Waals surface area (Å²) in [5.74, 6) is -0.0967. The molecule has 1 heterocycles. The van der Waals surface area contributed by atoms with Crippen LogP contribution in [0.4, 0.5) is 0 Å². The maximum absolute atomic E-state index is 10.8. The zero-order valence-corrected chi connectivity index (χ0v) is 11.5. The van der Waals surface area contributed by atoms with Gasteiger partial charge in [-0.25, -0.2) is 4.98 Å². The molecular formula is C13H20N2O2S. The molecule has 0 amide bonds. The van der Waals surface area contributed by atoms with Gasteiger partial charge in [-0.2, -0.15) is 0 Å². The number of hydrogen-bond acceptors (Lipinski definition) is 4. The molecule has 1 saturated carbocycles. The lowest BCUT2D eigenvalue weighted by atomic mass is 9.82. The first-order valence-electron chi connectivity index (χ1n) is 6.49. The Hall–Kier alpha value is -0.940. The molecule has 18 heavy (non-hydrogen) atoms. The van der Waals surface area contributed by atoms with Crippen LogP contribution < -0.4 is 5.32 Å². The van der Waals surface area contributed by atoms with Crippen LogP contribution in [0.3, 0.4) is 0 Å². The third kappa shape index (κ3) is 3.53. The van der Waals surface area contributed by atoms with E-state index in [1.165, 1.54) is 4.88 Å². The van der Waals surface area contributed by atoms with Gasteiger partial charge in [0.25, 0.3) is 0 Å². The van der Waals surface area contributed by atoms with Crippen molar-refractivity contribution in [1.82, 2.24) is 10.3 Å².